The molecule has 0 saturated carbocycles. The quantitative estimate of drug-likeness (QED) is 0.808. The summed E-state index contributed by atoms with van der Waals surface area (Å²) in [7, 11) is 1.96. The van der Waals surface area contributed by atoms with Crippen molar-refractivity contribution in [3.05, 3.63) is 0 Å². The Kier molecular flexibility index (Phi) is 6.24. The van der Waals surface area contributed by atoms with Crippen molar-refractivity contribution in [1.82, 2.24) is 15.1 Å². The fourth-order valence-corrected chi connectivity index (χ4v) is 3.96. The van der Waals surface area contributed by atoms with Crippen molar-refractivity contribution in [1.29, 1.82) is 0 Å². The van der Waals surface area contributed by atoms with Crippen LogP contribution in [-0.2, 0) is 9.59 Å². The lowest BCUT2D eigenvalue weighted by molar-refractivity contribution is -0.137. The van der Waals surface area contributed by atoms with Gasteiger partial charge < -0.3 is 15.1 Å². The van der Waals surface area contributed by atoms with Crippen molar-refractivity contribution < 1.29 is 9.59 Å². The smallest absolute Gasteiger partial charge is 0.228 e. The minimum absolute atomic E-state index is 0.124. The Balaban J connectivity index is 1.94. The standard InChI is InChI=1S/C17H31N3O2/c1-4-15(5-2)20-12-14(9-16(20)21)17(22)19-8-6-7-13(11-19)10-18-3/h13-15,18H,4-12H2,1-3H3. The molecule has 2 aliphatic heterocycles. The van der Waals surface area contributed by atoms with Gasteiger partial charge in [-0.2, -0.15) is 0 Å². The Morgan fingerprint density at radius 2 is 2.05 bits per heavy atom. The molecule has 2 unspecified atom stereocenters. The second-order valence-electron chi connectivity index (χ2n) is 6.77. The summed E-state index contributed by atoms with van der Waals surface area (Å²) in [6.07, 6.45) is 4.61. The third-order valence-corrected chi connectivity index (χ3v) is 5.21. The van der Waals surface area contributed by atoms with Gasteiger partial charge in [-0.15, -0.1) is 0 Å². The van der Waals surface area contributed by atoms with Gasteiger partial charge in [0.15, 0.2) is 0 Å². The van der Waals surface area contributed by atoms with Crippen LogP contribution in [0.3, 0.4) is 0 Å². The monoisotopic (exact) mass is 309 g/mol. The van der Waals surface area contributed by atoms with Gasteiger partial charge in [0.05, 0.1) is 5.92 Å². The van der Waals surface area contributed by atoms with E-state index in [1.54, 1.807) is 0 Å². The van der Waals surface area contributed by atoms with Crippen molar-refractivity contribution in [3.8, 4) is 0 Å². The molecule has 2 heterocycles. The lowest BCUT2D eigenvalue weighted by Gasteiger charge is -2.34. The van der Waals surface area contributed by atoms with E-state index in [4.69, 9.17) is 0 Å². The molecule has 2 rings (SSSR count). The average molecular weight is 309 g/mol. The zero-order valence-corrected chi connectivity index (χ0v) is 14.3. The molecule has 0 aromatic rings. The summed E-state index contributed by atoms with van der Waals surface area (Å²) >= 11 is 0. The second-order valence-corrected chi connectivity index (χ2v) is 6.77. The van der Waals surface area contributed by atoms with E-state index in [9.17, 15) is 9.59 Å². The van der Waals surface area contributed by atoms with Gasteiger partial charge in [0, 0.05) is 32.1 Å². The number of likely N-dealkylation sites (tertiary alicyclic amines) is 2. The third kappa shape index (κ3) is 3.80. The van der Waals surface area contributed by atoms with Crippen molar-refractivity contribution in [2.24, 2.45) is 11.8 Å². The van der Waals surface area contributed by atoms with Crippen molar-refractivity contribution in [3.63, 3.8) is 0 Å². The normalized spacial score (nSPS) is 26.1. The molecule has 5 heteroatoms. The molecule has 5 nitrogen and oxygen atoms in total. The zero-order chi connectivity index (χ0) is 16.1. The molecule has 2 fully saturated rings. The number of nitrogens with zero attached hydrogens (tertiary/aromatic N) is 2. The van der Waals surface area contributed by atoms with Gasteiger partial charge in [-0.1, -0.05) is 13.8 Å². The van der Waals surface area contributed by atoms with Gasteiger partial charge >= 0.3 is 0 Å². The van der Waals surface area contributed by atoms with Crippen LogP contribution >= 0.6 is 0 Å². The van der Waals surface area contributed by atoms with E-state index in [0.717, 1.165) is 38.9 Å². The largest absolute Gasteiger partial charge is 0.342 e. The van der Waals surface area contributed by atoms with Gasteiger partial charge in [0.1, 0.15) is 0 Å². The molecular weight excluding hydrogens is 278 g/mol. The van der Waals surface area contributed by atoms with Crippen LogP contribution in [0.4, 0.5) is 0 Å². The topological polar surface area (TPSA) is 52.7 Å². The summed E-state index contributed by atoms with van der Waals surface area (Å²) in [4.78, 5) is 29.0. The third-order valence-electron chi connectivity index (χ3n) is 5.21. The predicted molar refractivity (Wildman–Crippen MR) is 87.4 cm³/mol. The van der Waals surface area contributed by atoms with E-state index in [-0.39, 0.29) is 17.7 Å². The minimum Gasteiger partial charge on any atom is -0.342 e. The first-order valence-electron chi connectivity index (χ1n) is 8.83. The molecule has 0 aliphatic carbocycles. The molecule has 2 atom stereocenters. The number of carbonyl (C=O) groups excluding carboxylic acids is 2. The SMILES string of the molecule is CCC(CC)N1CC(C(=O)N2CCCC(CNC)C2)CC1=O. The molecule has 2 amide bonds. The van der Waals surface area contributed by atoms with E-state index in [1.807, 2.05) is 16.8 Å². The Bertz CT molecular complexity index is 393. The highest BCUT2D eigenvalue weighted by atomic mass is 16.2. The average Bonchev–Trinajstić information content (AvgIpc) is 2.90. The second kappa shape index (κ2) is 7.95. The van der Waals surface area contributed by atoms with Crippen LogP contribution in [-0.4, -0.2) is 60.9 Å². The maximum absolute atomic E-state index is 12.8. The molecule has 0 spiro atoms. The van der Waals surface area contributed by atoms with Crippen molar-refractivity contribution >= 4 is 11.8 Å². The summed E-state index contributed by atoms with van der Waals surface area (Å²) in [5, 5.41) is 3.21. The molecule has 2 saturated heterocycles. The molecular formula is C17H31N3O2. The number of rotatable bonds is 6. The Labute approximate surface area is 134 Å². The first-order valence-corrected chi connectivity index (χ1v) is 8.83. The molecule has 2 aliphatic rings. The van der Waals surface area contributed by atoms with Crippen LogP contribution in [0.5, 0.6) is 0 Å². The van der Waals surface area contributed by atoms with Crippen LogP contribution in [0.1, 0.15) is 46.0 Å². The van der Waals surface area contributed by atoms with E-state index in [1.165, 1.54) is 6.42 Å². The van der Waals surface area contributed by atoms with Gasteiger partial charge in [-0.3, -0.25) is 9.59 Å². The first kappa shape index (κ1) is 17.3. The van der Waals surface area contributed by atoms with E-state index < -0.39 is 0 Å². The van der Waals surface area contributed by atoms with E-state index in [0.29, 0.717) is 24.9 Å². The number of piperidine rings is 1. The summed E-state index contributed by atoms with van der Waals surface area (Å²) in [6, 6.07) is 0.295. The van der Waals surface area contributed by atoms with Crippen molar-refractivity contribution in [2.45, 2.75) is 52.0 Å². The molecule has 1 N–H and O–H groups in total. The van der Waals surface area contributed by atoms with Crippen molar-refractivity contribution in [2.75, 3.05) is 33.2 Å². The fraction of sp³-hybridized carbons (Fsp3) is 0.882. The minimum atomic E-state index is -0.124. The van der Waals surface area contributed by atoms with Gasteiger partial charge in [0.25, 0.3) is 0 Å². The fourth-order valence-electron chi connectivity index (χ4n) is 3.96. The molecule has 0 bridgehead atoms. The van der Waals surface area contributed by atoms with Gasteiger partial charge in [-0.05, 0) is 45.2 Å². The van der Waals surface area contributed by atoms with Gasteiger partial charge in [-0.25, -0.2) is 0 Å². The van der Waals surface area contributed by atoms with Crippen LogP contribution in [0.25, 0.3) is 0 Å². The van der Waals surface area contributed by atoms with E-state index >= 15 is 0 Å². The van der Waals surface area contributed by atoms with Crippen LogP contribution < -0.4 is 5.32 Å². The maximum Gasteiger partial charge on any atom is 0.228 e. The lowest BCUT2D eigenvalue weighted by Crippen LogP contribution is -2.45. The zero-order valence-electron chi connectivity index (χ0n) is 14.3. The lowest BCUT2D eigenvalue weighted by atomic mass is 9.96. The summed E-state index contributed by atoms with van der Waals surface area (Å²) in [5.74, 6) is 0.787. The Hall–Kier alpha value is -1.10. The van der Waals surface area contributed by atoms with E-state index in [2.05, 4.69) is 19.2 Å². The highest BCUT2D eigenvalue weighted by Gasteiger charge is 2.39. The van der Waals surface area contributed by atoms with Crippen LogP contribution in [0.2, 0.25) is 0 Å². The van der Waals surface area contributed by atoms with Crippen LogP contribution in [0, 0.1) is 11.8 Å². The molecule has 0 aromatic carbocycles. The number of amides is 2. The van der Waals surface area contributed by atoms with Crippen LogP contribution in [0.15, 0.2) is 0 Å². The number of hydrogen-bond acceptors (Lipinski definition) is 3. The number of hydrogen-bond donors (Lipinski definition) is 1. The molecule has 0 radical (unpaired) electrons. The summed E-state index contributed by atoms with van der Waals surface area (Å²) < 4.78 is 0. The van der Waals surface area contributed by atoms with Gasteiger partial charge in [0.2, 0.25) is 11.8 Å². The number of carbonyl (C=O) groups is 2. The first-order chi connectivity index (χ1) is 10.6. The highest BCUT2D eigenvalue weighted by molar-refractivity contribution is 5.89. The summed E-state index contributed by atoms with van der Waals surface area (Å²) in [6.45, 7) is 7.52. The molecule has 22 heavy (non-hydrogen) atoms. The molecule has 126 valence electrons. The summed E-state index contributed by atoms with van der Waals surface area (Å²) in [5.41, 5.74) is 0. The maximum atomic E-state index is 12.8. The highest BCUT2D eigenvalue weighted by Crippen LogP contribution is 2.26. The molecule has 0 aromatic heterocycles. The predicted octanol–water partition coefficient (Wildman–Crippen LogP) is 1.48. The number of nitrogens with one attached hydrogen (secondary N) is 1. The Morgan fingerprint density at radius 3 is 2.68 bits per heavy atom. The Morgan fingerprint density at radius 1 is 1.32 bits per heavy atom.